The van der Waals surface area contributed by atoms with Gasteiger partial charge in [0.25, 0.3) is 0 Å². The van der Waals surface area contributed by atoms with E-state index >= 15 is 0 Å². The predicted molar refractivity (Wildman–Crippen MR) is 78.4 cm³/mol. The van der Waals surface area contributed by atoms with Gasteiger partial charge in [-0.3, -0.25) is 0 Å². The molecule has 1 heterocycles. The van der Waals surface area contributed by atoms with Gasteiger partial charge in [-0.15, -0.1) is 0 Å². The van der Waals surface area contributed by atoms with Gasteiger partial charge < -0.3 is 15.3 Å². The topological polar surface area (TPSA) is 35.5 Å². The highest BCUT2D eigenvalue weighted by atomic mass is 16.3. The number of aliphatic hydroxyl groups excluding tert-OH is 1. The minimum absolute atomic E-state index is 0.0797. The average Bonchev–Trinajstić information content (AvgIpc) is 3.00. The third-order valence-electron chi connectivity index (χ3n) is 5.00. The molecule has 2 fully saturated rings. The second kappa shape index (κ2) is 5.14. The number of nitrogens with one attached hydrogen (secondary N) is 1. The summed E-state index contributed by atoms with van der Waals surface area (Å²) >= 11 is 0. The predicted octanol–water partition coefficient (Wildman–Crippen LogP) is 2.17. The van der Waals surface area contributed by atoms with Crippen LogP contribution in [0.4, 0.5) is 5.69 Å². The molecule has 19 heavy (non-hydrogen) atoms. The molecule has 2 N–H and O–H groups in total. The van der Waals surface area contributed by atoms with Crippen molar-refractivity contribution < 1.29 is 5.11 Å². The molecule has 1 aromatic carbocycles. The van der Waals surface area contributed by atoms with Crippen LogP contribution in [0.2, 0.25) is 0 Å². The molecule has 1 aromatic rings. The summed E-state index contributed by atoms with van der Waals surface area (Å²) in [7, 11) is 2.00. The van der Waals surface area contributed by atoms with Gasteiger partial charge in [0.05, 0.1) is 6.10 Å². The van der Waals surface area contributed by atoms with Crippen LogP contribution in [0.15, 0.2) is 24.3 Å². The highest BCUT2D eigenvalue weighted by molar-refractivity contribution is 5.56. The van der Waals surface area contributed by atoms with Gasteiger partial charge >= 0.3 is 0 Å². The van der Waals surface area contributed by atoms with E-state index in [1.54, 1.807) is 0 Å². The van der Waals surface area contributed by atoms with Crippen LogP contribution >= 0.6 is 0 Å². The van der Waals surface area contributed by atoms with Gasteiger partial charge in [0.15, 0.2) is 0 Å². The lowest BCUT2D eigenvalue weighted by molar-refractivity contribution is 0.133. The molecule has 1 saturated carbocycles. The number of hydrogen-bond acceptors (Lipinski definition) is 3. The van der Waals surface area contributed by atoms with E-state index in [9.17, 15) is 5.11 Å². The molecule has 2 aliphatic rings. The second-order valence-electron chi connectivity index (χ2n) is 6.04. The van der Waals surface area contributed by atoms with Crippen LogP contribution in [0.1, 0.15) is 31.4 Å². The van der Waals surface area contributed by atoms with E-state index in [0.717, 1.165) is 19.5 Å². The number of fused-ring (bicyclic) bond motifs is 1. The third-order valence-corrected chi connectivity index (χ3v) is 5.00. The van der Waals surface area contributed by atoms with E-state index in [-0.39, 0.29) is 6.10 Å². The van der Waals surface area contributed by atoms with Crippen molar-refractivity contribution in [3.63, 3.8) is 0 Å². The minimum atomic E-state index is -0.0797. The van der Waals surface area contributed by atoms with Crippen LogP contribution < -0.4 is 10.2 Å². The Labute approximate surface area is 115 Å². The van der Waals surface area contributed by atoms with Crippen molar-refractivity contribution in [1.82, 2.24) is 5.32 Å². The quantitative estimate of drug-likeness (QED) is 0.874. The summed E-state index contributed by atoms with van der Waals surface area (Å²) < 4.78 is 0. The number of para-hydroxylation sites is 1. The minimum Gasteiger partial charge on any atom is -0.393 e. The number of hydrogen-bond donors (Lipinski definition) is 2. The first-order chi connectivity index (χ1) is 9.20. The molecule has 0 bridgehead atoms. The average molecular weight is 260 g/mol. The largest absolute Gasteiger partial charge is 0.393 e. The van der Waals surface area contributed by atoms with Gasteiger partial charge in [-0.25, -0.2) is 0 Å². The molecule has 3 rings (SSSR count). The van der Waals surface area contributed by atoms with Gasteiger partial charge in [0, 0.05) is 30.7 Å². The fourth-order valence-corrected chi connectivity index (χ4v) is 3.73. The van der Waals surface area contributed by atoms with E-state index in [0.29, 0.717) is 17.9 Å². The van der Waals surface area contributed by atoms with Crippen molar-refractivity contribution in [3.05, 3.63) is 29.8 Å². The summed E-state index contributed by atoms with van der Waals surface area (Å²) in [4.78, 5) is 2.47. The number of rotatable bonds is 3. The molecule has 3 nitrogen and oxygen atoms in total. The second-order valence-corrected chi connectivity index (χ2v) is 6.04. The lowest BCUT2D eigenvalue weighted by Crippen LogP contribution is -2.26. The summed E-state index contributed by atoms with van der Waals surface area (Å²) in [5.41, 5.74) is 2.70. The summed E-state index contributed by atoms with van der Waals surface area (Å²) in [5.74, 6) is 1.17. The highest BCUT2D eigenvalue weighted by Crippen LogP contribution is 2.41. The van der Waals surface area contributed by atoms with Crippen LogP contribution in [0, 0.1) is 11.8 Å². The number of nitrogens with zero attached hydrogens (tertiary/aromatic N) is 1. The Morgan fingerprint density at radius 3 is 2.79 bits per heavy atom. The van der Waals surface area contributed by atoms with Crippen molar-refractivity contribution in [2.24, 2.45) is 11.8 Å². The molecule has 3 heteroatoms. The molecule has 1 aliphatic carbocycles. The van der Waals surface area contributed by atoms with Crippen LogP contribution in [-0.2, 0) is 0 Å². The molecule has 104 valence electrons. The summed E-state index contributed by atoms with van der Waals surface area (Å²) in [5, 5.41) is 13.4. The molecular weight excluding hydrogens is 236 g/mol. The standard InChI is InChI=1S/C16H24N2O/c1-11(17-2)13-5-3-4-6-15(13)18-9-12-7-8-16(19)14(12)10-18/h3-6,11-12,14,16-17,19H,7-10H2,1-2H3. The van der Waals surface area contributed by atoms with Gasteiger partial charge in [-0.05, 0) is 44.4 Å². The van der Waals surface area contributed by atoms with E-state index in [1.165, 1.54) is 17.7 Å². The van der Waals surface area contributed by atoms with Crippen LogP contribution in [0.25, 0.3) is 0 Å². The van der Waals surface area contributed by atoms with Gasteiger partial charge in [0.2, 0.25) is 0 Å². The van der Waals surface area contributed by atoms with Crippen molar-refractivity contribution in [3.8, 4) is 0 Å². The van der Waals surface area contributed by atoms with Gasteiger partial charge in [-0.1, -0.05) is 18.2 Å². The molecule has 1 aliphatic heterocycles. The zero-order valence-electron chi connectivity index (χ0n) is 11.8. The lowest BCUT2D eigenvalue weighted by Gasteiger charge is -2.26. The van der Waals surface area contributed by atoms with Crippen molar-refractivity contribution in [2.45, 2.75) is 31.9 Å². The molecule has 0 spiro atoms. The highest BCUT2D eigenvalue weighted by Gasteiger charge is 2.42. The van der Waals surface area contributed by atoms with E-state index in [4.69, 9.17) is 0 Å². The van der Waals surface area contributed by atoms with E-state index in [1.807, 2.05) is 7.05 Å². The Bertz CT molecular complexity index is 448. The third kappa shape index (κ3) is 2.26. The van der Waals surface area contributed by atoms with Crippen molar-refractivity contribution in [2.75, 3.05) is 25.0 Å². The van der Waals surface area contributed by atoms with Gasteiger partial charge in [0.1, 0.15) is 0 Å². The van der Waals surface area contributed by atoms with Crippen LogP contribution in [0.5, 0.6) is 0 Å². The Hall–Kier alpha value is -1.06. The Balaban J connectivity index is 1.84. The fraction of sp³-hybridized carbons (Fsp3) is 0.625. The Morgan fingerprint density at radius 1 is 1.26 bits per heavy atom. The SMILES string of the molecule is CNC(C)c1ccccc1N1CC2CCC(O)C2C1. The summed E-state index contributed by atoms with van der Waals surface area (Å²) in [6.07, 6.45) is 2.10. The first-order valence-electron chi connectivity index (χ1n) is 7.40. The first kappa shape index (κ1) is 12.9. The molecule has 1 saturated heterocycles. The van der Waals surface area contributed by atoms with Crippen LogP contribution in [0.3, 0.4) is 0 Å². The zero-order valence-corrected chi connectivity index (χ0v) is 11.8. The molecule has 0 aromatic heterocycles. The maximum Gasteiger partial charge on any atom is 0.0588 e. The van der Waals surface area contributed by atoms with Crippen molar-refractivity contribution >= 4 is 5.69 Å². The normalized spacial score (nSPS) is 31.5. The maximum atomic E-state index is 10.0. The molecule has 4 atom stereocenters. The molecule has 4 unspecified atom stereocenters. The Kier molecular flexibility index (Phi) is 3.50. The van der Waals surface area contributed by atoms with Gasteiger partial charge in [-0.2, -0.15) is 0 Å². The smallest absolute Gasteiger partial charge is 0.0588 e. The Morgan fingerprint density at radius 2 is 2.05 bits per heavy atom. The number of benzene rings is 1. The molecular formula is C16H24N2O. The van der Waals surface area contributed by atoms with Crippen molar-refractivity contribution in [1.29, 1.82) is 0 Å². The monoisotopic (exact) mass is 260 g/mol. The van der Waals surface area contributed by atoms with E-state index in [2.05, 4.69) is 41.4 Å². The molecule has 0 amide bonds. The first-order valence-corrected chi connectivity index (χ1v) is 7.40. The van der Waals surface area contributed by atoms with E-state index < -0.39 is 0 Å². The van der Waals surface area contributed by atoms with Crippen LogP contribution in [-0.4, -0.2) is 31.3 Å². The summed E-state index contributed by atoms with van der Waals surface area (Å²) in [6.45, 7) is 4.32. The number of anilines is 1. The fourth-order valence-electron chi connectivity index (χ4n) is 3.73. The zero-order chi connectivity index (χ0) is 13.4. The summed E-state index contributed by atoms with van der Waals surface area (Å²) in [6, 6.07) is 9.02. The molecule has 0 radical (unpaired) electrons. The lowest BCUT2D eigenvalue weighted by atomic mass is 10.00. The number of aliphatic hydroxyl groups is 1. The maximum absolute atomic E-state index is 10.0.